The Hall–Kier alpha value is -1.93. The number of aryl methyl sites for hydroxylation is 2. The van der Waals surface area contributed by atoms with Crippen LogP contribution in [-0.2, 0) is 7.05 Å². The summed E-state index contributed by atoms with van der Waals surface area (Å²) < 4.78 is 8.18. The van der Waals surface area contributed by atoms with E-state index in [0.717, 1.165) is 0 Å². The molecule has 2 heterocycles. The van der Waals surface area contributed by atoms with Gasteiger partial charge in [0.25, 0.3) is 0 Å². The molecular formula is C21H16NSSe+. The number of nitrogens with zero attached hydrogens (tertiary/aromatic N) is 1. The summed E-state index contributed by atoms with van der Waals surface area (Å²) in [5.74, 6) is 0. The molecule has 0 spiro atoms. The van der Waals surface area contributed by atoms with Crippen LogP contribution in [0.1, 0.15) is 5.56 Å². The molecule has 24 heavy (non-hydrogen) atoms. The molecule has 3 aromatic carbocycles. The predicted octanol–water partition coefficient (Wildman–Crippen LogP) is 5.06. The number of fused-ring (bicyclic) bond motifs is 4. The molecule has 2 aromatic heterocycles. The maximum absolute atomic E-state index is 2.43. The van der Waals surface area contributed by atoms with Crippen molar-refractivity contribution in [2.75, 3.05) is 0 Å². The molecule has 0 aliphatic rings. The molecular weight excluding hydrogens is 377 g/mol. The van der Waals surface area contributed by atoms with Gasteiger partial charge >= 0.3 is 151 Å². The molecule has 0 fully saturated rings. The molecule has 0 aliphatic carbocycles. The zero-order valence-electron chi connectivity index (χ0n) is 13.5. The third-order valence-corrected chi connectivity index (χ3v) is 8.43. The van der Waals surface area contributed by atoms with Gasteiger partial charge in [0.1, 0.15) is 0 Å². The number of hydrogen-bond donors (Lipinski definition) is 0. The number of hydrogen-bond acceptors (Lipinski definition) is 1. The first-order valence-corrected chi connectivity index (χ1v) is 10.5. The molecule has 0 saturated heterocycles. The van der Waals surface area contributed by atoms with E-state index < -0.39 is 0 Å². The van der Waals surface area contributed by atoms with Gasteiger partial charge in [-0.3, -0.25) is 0 Å². The molecule has 0 unspecified atom stereocenters. The summed E-state index contributed by atoms with van der Waals surface area (Å²) in [5.41, 5.74) is 4.13. The van der Waals surface area contributed by atoms with E-state index in [0.29, 0.717) is 14.5 Å². The topological polar surface area (TPSA) is 3.88 Å². The fourth-order valence-electron chi connectivity index (χ4n) is 3.42. The van der Waals surface area contributed by atoms with Crippen molar-refractivity contribution >= 4 is 55.8 Å². The van der Waals surface area contributed by atoms with Crippen molar-refractivity contribution < 1.29 is 4.57 Å². The van der Waals surface area contributed by atoms with Crippen LogP contribution in [0.3, 0.4) is 0 Å². The van der Waals surface area contributed by atoms with E-state index in [9.17, 15) is 0 Å². The SMILES string of the molecule is Cc1ccccc1-c1[se]c2cc3sc4ccccc4c3cc2[n+]1C. The molecule has 0 aliphatic heterocycles. The van der Waals surface area contributed by atoms with Crippen molar-refractivity contribution in [1.29, 1.82) is 0 Å². The summed E-state index contributed by atoms with van der Waals surface area (Å²) in [6.45, 7) is 2.21. The van der Waals surface area contributed by atoms with Crippen molar-refractivity contribution in [1.82, 2.24) is 0 Å². The van der Waals surface area contributed by atoms with Gasteiger partial charge < -0.3 is 0 Å². The van der Waals surface area contributed by atoms with E-state index in [1.165, 1.54) is 45.6 Å². The van der Waals surface area contributed by atoms with Crippen molar-refractivity contribution in [3.8, 4) is 10.1 Å². The summed E-state index contributed by atoms with van der Waals surface area (Å²) in [4.78, 5) is 0. The van der Waals surface area contributed by atoms with Crippen LogP contribution in [0, 0.1) is 6.92 Å². The summed E-state index contributed by atoms with van der Waals surface area (Å²) in [6.07, 6.45) is 0. The molecule has 5 aromatic rings. The van der Waals surface area contributed by atoms with E-state index in [2.05, 4.69) is 79.2 Å². The molecule has 0 N–H and O–H groups in total. The number of benzene rings is 3. The molecule has 3 heteroatoms. The van der Waals surface area contributed by atoms with E-state index in [-0.39, 0.29) is 0 Å². The molecule has 0 radical (unpaired) electrons. The van der Waals surface area contributed by atoms with Crippen LogP contribution in [0.2, 0.25) is 0 Å². The fraction of sp³-hybridized carbons (Fsp3) is 0.0952. The zero-order valence-corrected chi connectivity index (χ0v) is 16.1. The average Bonchev–Trinajstić information content (AvgIpc) is 3.11. The van der Waals surface area contributed by atoms with Gasteiger partial charge in [0.05, 0.1) is 0 Å². The Bertz CT molecular complexity index is 1230. The van der Waals surface area contributed by atoms with Crippen LogP contribution in [0.5, 0.6) is 0 Å². The zero-order chi connectivity index (χ0) is 16.3. The second-order valence-corrected chi connectivity index (χ2v) is 9.44. The second kappa shape index (κ2) is 5.29. The maximum atomic E-state index is 2.43. The van der Waals surface area contributed by atoms with Crippen molar-refractivity contribution in [2.45, 2.75) is 6.92 Å². The fourth-order valence-corrected chi connectivity index (χ4v) is 7.35. The molecule has 0 atom stereocenters. The van der Waals surface area contributed by atoms with Gasteiger partial charge in [-0.25, -0.2) is 0 Å². The second-order valence-electron chi connectivity index (χ2n) is 6.20. The van der Waals surface area contributed by atoms with E-state index >= 15 is 0 Å². The van der Waals surface area contributed by atoms with Gasteiger partial charge in [-0.1, -0.05) is 0 Å². The van der Waals surface area contributed by atoms with Gasteiger partial charge in [-0.15, -0.1) is 0 Å². The van der Waals surface area contributed by atoms with Crippen LogP contribution < -0.4 is 4.57 Å². The monoisotopic (exact) mass is 394 g/mol. The molecule has 0 amide bonds. The molecule has 5 rings (SSSR count). The van der Waals surface area contributed by atoms with Gasteiger partial charge in [-0.2, -0.15) is 0 Å². The minimum atomic E-state index is 0.362. The van der Waals surface area contributed by atoms with Crippen molar-refractivity contribution in [2.24, 2.45) is 7.05 Å². The summed E-state index contributed by atoms with van der Waals surface area (Å²) in [6, 6.07) is 22.3. The van der Waals surface area contributed by atoms with E-state index in [1.807, 2.05) is 11.3 Å². The molecule has 0 saturated carbocycles. The van der Waals surface area contributed by atoms with Gasteiger partial charge in [-0.05, 0) is 0 Å². The Morgan fingerprint density at radius 2 is 1.67 bits per heavy atom. The van der Waals surface area contributed by atoms with Crippen LogP contribution in [-0.4, -0.2) is 14.5 Å². The Balaban J connectivity index is 1.86. The third-order valence-electron chi connectivity index (χ3n) is 4.71. The average molecular weight is 393 g/mol. The van der Waals surface area contributed by atoms with Gasteiger partial charge in [0, 0.05) is 0 Å². The quantitative estimate of drug-likeness (QED) is 0.277. The Morgan fingerprint density at radius 1 is 0.875 bits per heavy atom. The normalized spacial score (nSPS) is 11.8. The van der Waals surface area contributed by atoms with Gasteiger partial charge in [0.15, 0.2) is 0 Å². The summed E-state index contributed by atoms with van der Waals surface area (Å²) in [7, 11) is 2.22. The Kier molecular flexibility index (Phi) is 3.17. The van der Waals surface area contributed by atoms with Crippen LogP contribution in [0.15, 0.2) is 60.7 Å². The minimum absolute atomic E-state index is 0.362. The summed E-state index contributed by atoms with van der Waals surface area (Å²) >= 11 is 2.27. The van der Waals surface area contributed by atoms with Crippen LogP contribution in [0.4, 0.5) is 0 Å². The Labute approximate surface area is 150 Å². The van der Waals surface area contributed by atoms with E-state index in [1.54, 1.807) is 0 Å². The first-order valence-electron chi connectivity index (χ1n) is 8.02. The predicted molar refractivity (Wildman–Crippen MR) is 105 cm³/mol. The van der Waals surface area contributed by atoms with Crippen LogP contribution in [0.25, 0.3) is 40.1 Å². The number of aromatic nitrogens is 1. The van der Waals surface area contributed by atoms with Gasteiger partial charge in [0.2, 0.25) is 0 Å². The number of rotatable bonds is 1. The summed E-state index contributed by atoms with van der Waals surface area (Å²) in [5, 5.41) is 2.77. The first-order chi connectivity index (χ1) is 11.7. The molecule has 1 nitrogen and oxygen atoms in total. The van der Waals surface area contributed by atoms with Crippen molar-refractivity contribution in [3.05, 3.63) is 66.2 Å². The standard InChI is InChI=1S/C21H16NSSe/c1-13-7-3-4-8-14(13)21-22(2)17-11-16-15-9-5-6-10-18(15)23-19(16)12-20(17)24-21/h3-12H,1-2H3/q+1. The van der Waals surface area contributed by atoms with E-state index in [4.69, 9.17) is 0 Å². The van der Waals surface area contributed by atoms with Crippen LogP contribution >= 0.6 is 11.3 Å². The molecule has 116 valence electrons. The van der Waals surface area contributed by atoms with Crippen molar-refractivity contribution in [3.63, 3.8) is 0 Å². The number of thiophene rings is 1. The third kappa shape index (κ3) is 2.02. The molecule has 0 bridgehead atoms. The first kappa shape index (κ1) is 14.4. The Morgan fingerprint density at radius 3 is 2.54 bits per heavy atom.